The van der Waals surface area contributed by atoms with Crippen molar-refractivity contribution >= 4 is 11.9 Å². The fourth-order valence-corrected chi connectivity index (χ4v) is 5.35. The van der Waals surface area contributed by atoms with E-state index in [1.54, 1.807) is 21.7 Å². The van der Waals surface area contributed by atoms with Crippen LogP contribution in [-0.4, -0.2) is 44.8 Å². The predicted molar refractivity (Wildman–Crippen MR) is 98.9 cm³/mol. The molecule has 146 valence electrons. The minimum absolute atomic E-state index is 0.0289. The van der Waals surface area contributed by atoms with Crippen molar-refractivity contribution in [3.63, 3.8) is 0 Å². The first-order valence-electron chi connectivity index (χ1n) is 9.89. The summed E-state index contributed by atoms with van der Waals surface area (Å²) in [6.45, 7) is 0.757. The maximum Gasteiger partial charge on any atom is 0.311 e. The van der Waals surface area contributed by atoms with Gasteiger partial charge in [0.1, 0.15) is 5.82 Å². The normalized spacial score (nSPS) is 25.8. The molecule has 2 atom stereocenters. The average molecular weight is 383 g/mol. The molecular weight excluding hydrogens is 361 g/mol. The van der Waals surface area contributed by atoms with Crippen LogP contribution in [0.4, 0.5) is 4.39 Å². The molecule has 1 saturated heterocycles. The van der Waals surface area contributed by atoms with Gasteiger partial charge in [-0.05, 0) is 62.3 Å². The fraction of sp³-hybridized carbons (Fsp3) is 0.476. The van der Waals surface area contributed by atoms with Gasteiger partial charge in [-0.25, -0.2) is 9.07 Å². The van der Waals surface area contributed by atoms with E-state index in [4.69, 9.17) is 0 Å². The number of aromatic nitrogens is 2. The van der Waals surface area contributed by atoms with Crippen LogP contribution >= 0.6 is 0 Å². The van der Waals surface area contributed by atoms with Gasteiger partial charge in [0.2, 0.25) is 0 Å². The number of carbonyl (C=O) groups is 2. The number of hydrogen-bond acceptors (Lipinski definition) is 3. The van der Waals surface area contributed by atoms with Crippen LogP contribution in [-0.2, 0) is 17.6 Å². The standard InChI is InChI=1S/C21H22FN3O3/c22-14-6-8-15(9-7-14)25-17-5-1-4-16(17)18(23-25)19(26)24-11-13-3-2-10-21(13,12-24)20(27)28/h6-9,13H,1-5,10-12H2,(H,27,28)/t13-,21+/m0/s1. The van der Waals surface area contributed by atoms with Gasteiger partial charge in [-0.15, -0.1) is 0 Å². The molecule has 1 saturated carbocycles. The number of likely N-dealkylation sites (tertiary alicyclic amines) is 1. The number of hydrogen-bond donors (Lipinski definition) is 1. The van der Waals surface area contributed by atoms with Crippen LogP contribution in [0.2, 0.25) is 0 Å². The van der Waals surface area contributed by atoms with Crippen molar-refractivity contribution in [3.05, 3.63) is 47.0 Å². The third kappa shape index (κ3) is 2.41. The molecule has 5 rings (SSSR count). The summed E-state index contributed by atoms with van der Waals surface area (Å²) in [4.78, 5) is 26.9. The lowest BCUT2D eigenvalue weighted by atomic mass is 9.81. The highest BCUT2D eigenvalue weighted by Crippen LogP contribution is 2.49. The molecule has 6 nitrogen and oxygen atoms in total. The molecule has 7 heteroatoms. The van der Waals surface area contributed by atoms with Gasteiger partial charge in [0.05, 0.1) is 11.1 Å². The largest absolute Gasteiger partial charge is 0.481 e. The Kier molecular flexibility index (Phi) is 3.82. The summed E-state index contributed by atoms with van der Waals surface area (Å²) >= 11 is 0. The third-order valence-electron chi connectivity index (χ3n) is 6.79. The lowest BCUT2D eigenvalue weighted by Gasteiger charge is -2.23. The van der Waals surface area contributed by atoms with Gasteiger partial charge >= 0.3 is 5.97 Å². The van der Waals surface area contributed by atoms with Gasteiger partial charge in [-0.1, -0.05) is 6.42 Å². The van der Waals surface area contributed by atoms with E-state index in [1.165, 1.54) is 12.1 Å². The first-order chi connectivity index (χ1) is 13.5. The third-order valence-corrected chi connectivity index (χ3v) is 6.79. The summed E-state index contributed by atoms with van der Waals surface area (Å²) in [5, 5.41) is 14.4. The maximum atomic E-state index is 13.3. The van der Waals surface area contributed by atoms with E-state index >= 15 is 0 Å². The van der Waals surface area contributed by atoms with Gasteiger partial charge < -0.3 is 10.0 Å². The molecule has 2 aliphatic carbocycles. The molecule has 2 fully saturated rings. The highest BCUT2D eigenvalue weighted by atomic mass is 19.1. The van der Waals surface area contributed by atoms with E-state index in [0.29, 0.717) is 18.7 Å². The molecule has 2 heterocycles. The topological polar surface area (TPSA) is 75.4 Å². The van der Waals surface area contributed by atoms with Gasteiger partial charge in [0.25, 0.3) is 5.91 Å². The molecule has 0 unspecified atom stereocenters. The van der Waals surface area contributed by atoms with E-state index in [9.17, 15) is 19.1 Å². The van der Waals surface area contributed by atoms with Crippen LogP contribution in [0.3, 0.4) is 0 Å². The predicted octanol–water partition coefficient (Wildman–Crippen LogP) is 2.83. The Labute approximate surface area is 162 Å². The SMILES string of the molecule is O=C(c1nn(-c2ccc(F)cc2)c2c1CCC2)N1C[C@@H]2CCC[C@@]2(C(=O)O)C1. The second-order valence-corrected chi connectivity index (χ2v) is 8.25. The zero-order valence-electron chi connectivity index (χ0n) is 15.5. The Morgan fingerprint density at radius 1 is 1.18 bits per heavy atom. The van der Waals surface area contributed by atoms with E-state index in [-0.39, 0.29) is 24.2 Å². The van der Waals surface area contributed by atoms with Crippen molar-refractivity contribution < 1.29 is 19.1 Å². The monoisotopic (exact) mass is 383 g/mol. The molecule has 2 aromatic rings. The summed E-state index contributed by atoms with van der Waals surface area (Å²) in [5.41, 5.74) is 2.33. The Balaban J connectivity index is 1.49. The lowest BCUT2D eigenvalue weighted by Crippen LogP contribution is -2.37. The maximum absolute atomic E-state index is 13.3. The van der Waals surface area contributed by atoms with Crippen molar-refractivity contribution in [3.8, 4) is 5.69 Å². The molecule has 1 aliphatic heterocycles. The Hall–Kier alpha value is -2.70. The van der Waals surface area contributed by atoms with E-state index in [2.05, 4.69) is 5.10 Å². The molecule has 1 aromatic carbocycles. The van der Waals surface area contributed by atoms with Crippen molar-refractivity contribution in [1.29, 1.82) is 0 Å². The smallest absolute Gasteiger partial charge is 0.311 e. The number of benzene rings is 1. The summed E-state index contributed by atoms with van der Waals surface area (Å²) in [6, 6.07) is 6.10. The molecule has 0 radical (unpaired) electrons. The van der Waals surface area contributed by atoms with E-state index in [0.717, 1.165) is 49.0 Å². The van der Waals surface area contributed by atoms with Gasteiger partial charge in [0.15, 0.2) is 5.69 Å². The highest BCUT2D eigenvalue weighted by molar-refractivity contribution is 5.95. The minimum Gasteiger partial charge on any atom is -0.481 e. The van der Waals surface area contributed by atoms with E-state index in [1.807, 2.05) is 0 Å². The van der Waals surface area contributed by atoms with Gasteiger partial charge in [-0.3, -0.25) is 9.59 Å². The van der Waals surface area contributed by atoms with Crippen LogP contribution in [0.15, 0.2) is 24.3 Å². The lowest BCUT2D eigenvalue weighted by molar-refractivity contribution is -0.149. The van der Waals surface area contributed by atoms with Crippen LogP contribution in [0.25, 0.3) is 5.69 Å². The first-order valence-corrected chi connectivity index (χ1v) is 9.89. The van der Waals surface area contributed by atoms with Gasteiger partial charge in [-0.2, -0.15) is 5.10 Å². The second-order valence-electron chi connectivity index (χ2n) is 8.25. The summed E-state index contributed by atoms with van der Waals surface area (Å²) in [6.07, 6.45) is 4.98. The van der Waals surface area contributed by atoms with Crippen molar-refractivity contribution in [2.75, 3.05) is 13.1 Å². The zero-order chi connectivity index (χ0) is 19.5. The molecule has 1 N–H and O–H groups in total. The number of carboxylic acids is 1. The molecule has 0 spiro atoms. The van der Waals surface area contributed by atoms with Crippen LogP contribution < -0.4 is 0 Å². The number of amides is 1. The van der Waals surface area contributed by atoms with Crippen molar-refractivity contribution in [1.82, 2.24) is 14.7 Å². The molecular formula is C21H22FN3O3. The number of halogens is 1. The Morgan fingerprint density at radius 3 is 2.68 bits per heavy atom. The van der Waals surface area contributed by atoms with Crippen molar-refractivity contribution in [2.45, 2.75) is 38.5 Å². The molecule has 28 heavy (non-hydrogen) atoms. The Morgan fingerprint density at radius 2 is 1.96 bits per heavy atom. The molecule has 3 aliphatic rings. The highest BCUT2D eigenvalue weighted by Gasteiger charge is 2.56. The second kappa shape index (κ2) is 6.15. The Bertz CT molecular complexity index is 968. The number of carbonyl (C=O) groups excluding carboxylic acids is 1. The van der Waals surface area contributed by atoms with Crippen LogP contribution in [0.1, 0.15) is 47.4 Å². The molecule has 0 bridgehead atoms. The summed E-state index contributed by atoms with van der Waals surface area (Å²) in [7, 11) is 0. The van der Waals surface area contributed by atoms with Crippen LogP contribution in [0.5, 0.6) is 0 Å². The first kappa shape index (κ1) is 17.4. The van der Waals surface area contributed by atoms with Crippen LogP contribution in [0, 0.1) is 17.2 Å². The number of fused-ring (bicyclic) bond motifs is 2. The quantitative estimate of drug-likeness (QED) is 0.884. The zero-order valence-corrected chi connectivity index (χ0v) is 15.5. The summed E-state index contributed by atoms with van der Waals surface area (Å²) < 4.78 is 15.0. The fourth-order valence-electron chi connectivity index (χ4n) is 5.35. The van der Waals surface area contributed by atoms with Crippen molar-refractivity contribution in [2.24, 2.45) is 11.3 Å². The number of nitrogens with zero attached hydrogens (tertiary/aromatic N) is 3. The molecule has 1 aromatic heterocycles. The number of rotatable bonds is 3. The minimum atomic E-state index is -0.793. The average Bonchev–Trinajstić information content (AvgIpc) is 3.41. The molecule has 1 amide bonds. The number of aliphatic carboxylic acids is 1. The summed E-state index contributed by atoms with van der Waals surface area (Å²) in [5.74, 6) is -1.24. The number of carboxylic acid groups (broad SMARTS) is 1. The van der Waals surface area contributed by atoms with Gasteiger partial charge in [0, 0.05) is 24.3 Å². The van der Waals surface area contributed by atoms with E-state index < -0.39 is 11.4 Å².